The molecule has 0 fully saturated rings. The number of terminal acetylenes is 1. The fraction of sp³-hybridized carbons (Fsp3) is 0.348. The Kier molecular flexibility index (Phi) is 7.57. The number of pyridine rings is 1. The molecule has 162 valence electrons. The lowest BCUT2D eigenvalue weighted by atomic mass is 10.0. The largest absolute Gasteiger partial charge is 0.481 e. The molecule has 2 atom stereocenters. The van der Waals surface area contributed by atoms with Crippen LogP contribution >= 0.6 is 0 Å². The minimum absolute atomic E-state index is 0.0505. The molecule has 1 amide bonds. The quantitative estimate of drug-likeness (QED) is 0.461. The highest BCUT2D eigenvalue weighted by Gasteiger charge is 2.20. The molecule has 1 aliphatic rings. The second-order valence-corrected chi connectivity index (χ2v) is 7.42. The molecule has 0 aliphatic carbocycles. The highest BCUT2D eigenvalue weighted by molar-refractivity contribution is 5.78. The Morgan fingerprint density at radius 3 is 2.87 bits per heavy atom. The monoisotopic (exact) mass is 424 g/mol. The molecule has 0 spiro atoms. The van der Waals surface area contributed by atoms with Gasteiger partial charge in [0.25, 0.3) is 0 Å². The number of halogens is 1. The van der Waals surface area contributed by atoms with Gasteiger partial charge < -0.3 is 15.7 Å². The molecule has 0 saturated carbocycles. The number of rotatable bonds is 9. The van der Waals surface area contributed by atoms with E-state index in [1.807, 2.05) is 12.1 Å². The number of anilines is 1. The smallest absolute Gasteiger partial charge is 0.305 e. The summed E-state index contributed by atoms with van der Waals surface area (Å²) < 4.78 is 13.5. The Balaban J connectivity index is 1.58. The van der Waals surface area contributed by atoms with Crippen molar-refractivity contribution in [3.8, 4) is 12.3 Å². The normalized spacial score (nSPS) is 14.5. The van der Waals surface area contributed by atoms with E-state index in [-0.39, 0.29) is 12.8 Å². The average molecular weight is 424 g/mol. The predicted octanol–water partition coefficient (Wildman–Crippen LogP) is 2.39. The number of nitrogens with zero attached hydrogens (tertiary/aromatic N) is 1. The summed E-state index contributed by atoms with van der Waals surface area (Å²) in [6.07, 6.45) is 7.23. The number of hydrogen-bond acceptors (Lipinski definition) is 5. The number of carboxylic acids is 1. The molecule has 4 N–H and O–H groups in total. The first kappa shape index (κ1) is 22.2. The second kappa shape index (κ2) is 10.5. The third-order valence-corrected chi connectivity index (χ3v) is 5.04. The number of aromatic nitrogens is 1. The van der Waals surface area contributed by atoms with E-state index in [4.69, 9.17) is 11.5 Å². The van der Waals surface area contributed by atoms with Crippen molar-refractivity contribution in [3.05, 3.63) is 59.0 Å². The zero-order valence-corrected chi connectivity index (χ0v) is 17.0. The number of aryl methyl sites for hydroxylation is 1. The number of carbonyl (C=O) groups is 2. The van der Waals surface area contributed by atoms with Crippen LogP contribution < -0.4 is 16.0 Å². The van der Waals surface area contributed by atoms with E-state index in [1.54, 1.807) is 6.07 Å². The minimum atomic E-state index is -1.10. The maximum atomic E-state index is 13.5. The maximum absolute atomic E-state index is 13.5. The van der Waals surface area contributed by atoms with E-state index < -0.39 is 29.8 Å². The van der Waals surface area contributed by atoms with Gasteiger partial charge in [-0.15, -0.1) is 6.42 Å². The van der Waals surface area contributed by atoms with E-state index in [2.05, 4.69) is 26.9 Å². The molecule has 0 radical (unpaired) electrons. The SMILES string of the molecule is C#CC(CC(=O)NC(CC(=O)O)c1cccc(F)c1)NCc1ccc2c(n1)NCCC2. The summed E-state index contributed by atoms with van der Waals surface area (Å²) in [5.74, 6) is 1.39. The van der Waals surface area contributed by atoms with Crippen LogP contribution in [-0.4, -0.2) is 34.6 Å². The van der Waals surface area contributed by atoms with Gasteiger partial charge >= 0.3 is 5.97 Å². The summed E-state index contributed by atoms with van der Waals surface area (Å²) in [6, 6.07) is 8.06. The van der Waals surface area contributed by atoms with Crippen LogP contribution in [-0.2, 0) is 22.6 Å². The van der Waals surface area contributed by atoms with Gasteiger partial charge in [-0.2, -0.15) is 0 Å². The van der Waals surface area contributed by atoms with Crippen LogP contribution in [0.1, 0.15) is 42.1 Å². The van der Waals surface area contributed by atoms with Gasteiger partial charge in [-0.05, 0) is 42.2 Å². The molecule has 1 aromatic heterocycles. The molecule has 2 aromatic rings. The number of carboxylic acid groups (broad SMARTS) is 1. The van der Waals surface area contributed by atoms with Crippen molar-refractivity contribution in [2.24, 2.45) is 0 Å². The lowest BCUT2D eigenvalue weighted by Crippen LogP contribution is -2.37. The Labute approximate surface area is 180 Å². The van der Waals surface area contributed by atoms with Crippen LogP contribution in [0.3, 0.4) is 0 Å². The van der Waals surface area contributed by atoms with E-state index in [0.717, 1.165) is 30.9 Å². The molecule has 2 heterocycles. The topological polar surface area (TPSA) is 103 Å². The maximum Gasteiger partial charge on any atom is 0.305 e. The first-order valence-corrected chi connectivity index (χ1v) is 10.1. The Morgan fingerprint density at radius 1 is 1.29 bits per heavy atom. The molecule has 31 heavy (non-hydrogen) atoms. The number of benzene rings is 1. The van der Waals surface area contributed by atoms with Crippen molar-refractivity contribution in [2.75, 3.05) is 11.9 Å². The summed E-state index contributed by atoms with van der Waals surface area (Å²) in [6.45, 7) is 1.28. The summed E-state index contributed by atoms with van der Waals surface area (Å²) >= 11 is 0. The Morgan fingerprint density at radius 2 is 2.13 bits per heavy atom. The number of amides is 1. The highest BCUT2D eigenvalue weighted by atomic mass is 19.1. The van der Waals surface area contributed by atoms with E-state index in [0.29, 0.717) is 12.1 Å². The summed E-state index contributed by atoms with van der Waals surface area (Å²) in [5.41, 5.74) is 2.37. The van der Waals surface area contributed by atoms with Crippen LogP contribution in [0.15, 0.2) is 36.4 Å². The van der Waals surface area contributed by atoms with E-state index in [9.17, 15) is 14.0 Å². The second-order valence-electron chi connectivity index (χ2n) is 7.42. The molecule has 3 rings (SSSR count). The number of carbonyl (C=O) groups excluding carboxylic acids is 1. The third kappa shape index (κ3) is 6.52. The fourth-order valence-corrected chi connectivity index (χ4v) is 3.47. The molecule has 1 aliphatic heterocycles. The van der Waals surface area contributed by atoms with Crippen molar-refractivity contribution in [1.29, 1.82) is 0 Å². The van der Waals surface area contributed by atoms with Crippen molar-refractivity contribution >= 4 is 17.7 Å². The highest BCUT2D eigenvalue weighted by Crippen LogP contribution is 2.20. The van der Waals surface area contributed by atoms with Gasteiger partial charge in [-0.1, -0.05) is 24.1 Å². The van der Waals surface area contributed by atoms with Crippen molar-refractivity contribution in [2.45, 2.75) is 44.3 Å². The van der Waals surface area contributed by atoms with Crippen molar-refractivity contribution in [3.63, 3.8) is 0 Å². The predicted molar refractivity (Wildman–Crippen MR) is 115 cm³/mol. The van der Waals surface area contributed by atoms with Crippen LogP contribution in [0.4, 0.5) is 10.2 Å². The number of hydrogen-bond donors (Lipinski definition) is 4. The Bertz CT molecular complexity index is 989. The molecule has 0 bridgehead atoms. The average Bonchev–Trinajstić information content (AvgIpc) is 2.75. The van der Waals surface area contributed by atoms with Crippen LogP contribution in [0, 0.1) is 18.2 Å². The first-order valence-electron chi connectivity index (χ1n) is 10.1. The van der Waals surface area contributed by atoms with Crippen molar-refractivity contribution < 1.29 is 19.1 Å². The van der Waals surface area contributed by atoms with Gasteiger partial charge in [0, 0.05) is 13.1 Å². The van der Waals surface area contributed by atoms with Gasteiger partial charge in [0.15, 0.2) is 0 Å². The minimum Gasteiger partial charge on any atom is -0.481 e. The lowest BCUT2D eigenvalue weighted by Gasteiger charge is -2.20. The summed E-state index contributed by atoms with van der Waals surface area (Å²) in [5, 5.41) is 18.2. The molecule has 0 saturated heterocycles. The fourth-order valence-electron chi connectivity index (χ4n) is 3.47. The molecular formula is C23H25FN4O3. The first-order chi connectivity index (χ1) is 14.9. The number of nitrogens with one attached hydrogen (secondary N) is 3. The molecule has 2 unspecified atom stereocenters. The van der Waals surface area contributed by atoms with Crippen LogP contribution in [0.5, 0.6) is 0 Å². The third-order valence-electron chi connectivity index (χ3n) is 5.04. The summed E-state index contributed by atoms with van der Waals surface area (Å²) in [7, 11) is 0. The van der Waals surface area contributed by atoms with Crippen LogP contribution in [0.25, 0.3) is 0 Å². The van der Waals surface area contributed by atoms with Gasteiger partial charge in [-0.25, -0.2) is 9.37 Å². The van der Waals surface area contributed by atoms with Crippen molar-refractivity contribution in [1.82, 2.24) is 15.6 Å². The van der Waals surface area contributed by atoms with E-state index >= 15 is 0 Å². The molecule has 7 nitrogen and oxygen atoms in total. The molecule has 8 heteroatoms. The summed E-state index contributed by atoms with van der Waals surface area (Å²) in [4.78, 5) is 28.3. The zero-order valence-electron chi connectivity index (χ0n) is 17.0. The number of aliphatic carboxylic acids is 1. The molecule has 1 aromatic carbocycles. The van der Waals surface area contributed by atoms with Gasteiger partial charge in [0.2, 0.25) is 5.91 Å². The lowest BCUT2D eigenvalue weighted by molar-refractivity contribution is -0.137. The standard InChI is InChI=1S/C23H25FN4O3/c1-2-18(26-14-19-9-8-15-6-4-10-25-23(15)27-19)12-21(29)28-20(13-22(30)31)16-5-3-7-17(24)11-16/h1,3,5,7-9,11,18,20,26H,4,6,10,12-14H2,(H,25,27)(H,28,29)(H,30,31). The van der Waals surface area contributed by atoms with Gasteiger partial charge in [0.1, 0.15) is 11.6 Å². The van der Waals surface area contributed by atoms with Gasteiger partial charge in [-0.3, -0.25) is 14.9 Å². The van der Waals surface area contributed by atoms with E-state index in [1.165, 1.54) is 23.8 Å². The Hall–Kier alpha value is -3.44. The van der Waals surface area contributed by atoms with Gasteiger partial charge in [0.05, 0.1) is 30.6 Å². The van der Waals surface area contributed by atoms with Crippen LogP contribution in [0.2, 0.25) is 0 Å². The molecular weight excluding hydrogens is 399 g/mol. The number of fused-ring (bicyclic) bond motifs is 1. The zero-order chi connectivity index (χ0) is 22.2.